The van der Waals surface area contributed by atoms with Crippen LogP contribution < -0.4 is 5.32 Å². The van der Waals surface area contributed by atoms with E-state index in [-0.39, 0.29) is 0 Å². The Morgan fingerprint density at radius 1 is 1.15 bits per heavy atom. The van der Waals surface area contributed by atoms with Gasteiger partial charge in [-0.2, -0.15) is 0 Å². The molecule has 1 nitrogen and oxygen atoms in total. The van der Waals surface area contributed by atoms with Crippen molar-refractivity contribution >= 4 is 0 Å². The Morgan fingerprint density at radius 3 is 2.31 bits per heavy atom. The molecule has 0 amide bonds. The van der Waals surface area contributed by atoms with Crippen molar-refractivity contribution in [3.63, 3.8) is 0 Å². The Morgan fingerprint density at radius 2 is 1.77 bits per heavy atom. The first-order valence-electron chi connectivity index (χ1n) is 5.75. The first-order valence-corrected chi connectivity index (χ1v) is 5.75. The van der Waals surface area contributed by atoms with E-state index in [9.17, 15) is 0 Å². The lowest BCUT2D eigenvalue weighted by Crippen LogP contribution is -2.35. The largest absolute Gasteiger partial charge is 0.316 e. The van der Waals surface area contributed by atoms with E-state index in [1.54, 1.807) is 0 Å². The summed E-state index contributed by atoms with van der Waals surface area (Å²) < 4.78 is 0. The van der Waals surface area contributed by atoms with Crippen LogP contribution in [0.4, 0.5) is 0 Å². The molecular weight excluding hydrogens is 158 g/mol. The van der Waals surface area contributed by atoms with Crippen molar-refractivity contribution < 1.29 is 0 Å². The normalized spacial score (nSPS) is 33.0. The van der Waals surface area contributed by atoms with Crippen molar-refractivity contribution in [3.8, 4) is 0 Å². The minimum Gasteiger partial charge on any atom is -0.316 e. The first-order chi connectivity index (χ1) is 6.05. The van der Waals surface area contributed by atoms with Crippen LogP contribution in [0.3, 0.4) is 0 Å². The molecule has 76 valence electrons. The molecule has 1 atom stereocenters. The molecule has 1 unspecified atom stereocenters. The molecule has 1 aliphatic carbocycles. The molecule has 1 saturated heterocycles. The van der Waals surface area contributed by atoms with Gasteiger partial charge in [0.25, 0.3) is 0 Å². The molecule has 1 heterocycles. The average molecular weight is 181 g/mol. The van der Waals surface area contributed by atoms with Gasteiger partial charge in [-0.05, 0) is 36.1 Å². The molecule has 2 aliphatic rings. The second kappa shape index (κ2) is 2.98. The van der Waals surface area contributed by atoms with Crippen LogP contribution in [-0.2, 0) is 0 Å². The summed E-state index contributed by atoms with van der Waals surface area (Å²) >= 11 is 0. The van der Waals surface area contributed by atoms with E-state index in [1.807, 2.05) is 0 Å². The van der Waals surface area contributed by atoms with Crippen LogP contribution in [0, 0.1) is 16.7 Å². The predicted molar refractivity (Wildman–Crippen MR) is 56.7 cm³/mol. The van der Waals surface area contributed by atoms with Crippen molar-refractivity contribution in [1.82, 2.24) is 5.32 Å². The zero-order chi connectivity index (χ0) is 9.53. The van der Waals surface area contributed by atoms with E-state index in [0.29, 0.717) is 10.8 Å². The highest BCUT2D eigenvalue weighted by Crippen LogP contribution is 2.52. The average Bonchev–Trinajstić information content (AvgIpc) is 2.60. The first kappa shape index (κ1) is 9.51. The second-order valence-corrected chi connectivity index (χ2v) is 6.12. The summed E-state index contributed by atoms with van der Waals surface area (Å²) in [6.45, 7) is 9.76. The van der Waals surface area contributed by atoms with Crippen LogP contribution in [-0.4, -0.2) is 13.1 Å². The molecule has 1 saturated carbocycles. The van der Waals surface area contributed by atoms with Gasteiger partial charge >= 0.3 is 0 Å². The molecule has 0 bridgehead atoms. The summed E-state index contributed by atoms with van der Waals surface area (Å²) in [6, 6.07) is 0. The summed E-state index contributed by atoms with van der Waals surface area (Å²) in [5, 5.41) is 3.61. The predicted octanol–water partition coefficient (Wildman–Crippen LogP) is 2.81. The standard InChI is InChI=1S/C12H23N/c1-11(2,3)10-8-13-9-12(10)6-4-5-7-12/h10,13H,4-9H2,1-3H3. The molecule has 0 aromatic heterocycles. The lowest BCUT2D eigenvalue weighted by Gasteiger charge is -2.39. The lowest BCUT2D eigenvalue weighted by atomic mass is 9.65. The molecule has 0 aromatic rings. The van der Waals surface area contributed by atoms with Crippen LogP contribution in [0.2, 0.25) is 0 Å². The van der Waals surface area contributed by atoms with Gasteiger partial charge in [-0.3, -0.25) is 0 Å². The Labute approximate surface area is 82.3 Å². The summed E-state index contributed by atoms with van der Waals surface area (Å²) in [5.41, 5.74) is 1.17. The molecule has 1 spiro atoms. The smallest absolute Gasteiger partial charge is 0.00113 e. The van der Waals surface area contributed by atoms with Gasteiger partial charge in [0.1, 0.15) is 0 Å². The SMILES string of the molecule is CC(C)(C)C1CNCC12CCCC2. The Hall–Kier alpha value is -0.0400. The highest BCUT2D eigenvalue weighted by atomic mass is 14.9. The van der Waals surface area contributed by atoms with Crippen molar-refractivity contribution in [2.75, 3.05) is 13.1 Å². The highest BCUT2D eigenvalue weighted by molar-refractivity contribution is 5.01. The van der Waals surface area contributed by atoms with Gasteiger partial charge in [0.2, 0.25) is 0 Å². The minimum absolute atomic E-state index is 0.494. The van der Waals surface area contributed by atoms with Crippen LogP contribution in [0.15, 0.2) is 0 Å². The Bertz CT molecular complexity index is 178. The van der Waals surface area contributed by atoms with Crippen molar-refractivity contribution in [1.29, 1.82) is 0 Å². The molecule has 2 rings (SSSR count). The minimum atomic E-state index is 0.494. The molecular formula is C12H23N. The topological polar surface area (TPSA) is 12.0 Å². The third kappa shape index (κ3) is 1.52. The number of hydrogen-bond acceptors (Lipinski definition) is 1. The van der Waals surface area contributed by atoms with E-state index in [0.717, 1.165) is 5.92 Å². The zero-order valence-corrected chi connectivity index (χ0v) is 9.32. The van der Waals surface area contributed by atoms with Crippen molar-refractivity contribution in [3.05, 3.63) is 0 Å². The van der Waals surface area contributed by atoms with Gasteiger partial charge in [0, 0.05) is 6.54 Å². The van der Waals surface area contributed by atoms with Gasteiger partial charge in [0.15, 0.2) is 0 Å². The zero-order valence-electron chi connectivity index (χ0n) is 9.32. The maximum atomic E-state index is 3.61. The van der Waals surface area contributed by atoms with Crippen LogP contribution in [0.5, 0.6) is 0 Å². The van der Waals surface area contributed by atoms with Crippen LogP contribution >= 0.6 is 0 Å². The maximum absolute atomic E-state index is 3.61. The quantitative estimate of drug-likeness (QED) is 0.606. The Balaban J connectivity index is 2.18. The fourth-order valence-corrected chi connectivity index (χ4v) is 3.63. The van der Waals surface area contributed by atoms with E-state index >= 15 is 0 Å². The van der Waals surface area contributed by atoms with Gasteiger partial charge < -0.3 is 5.32 Å². The summed E-state index contributed by atoms with van der Waals surface area (Å²) in [5.74, 6) is 0.905. The summed E-state index contributed by atoms with van der Waals surface area (Å²) in [7, 11) is 0. The van der Waals surface area contributed by atoms with E-state index in [4.69, 9.17) is 0 Å². The summed E-state index contributed by atoms with van der Waals surface area (Å²) in [6.07, 6.45) is 5.88. The monoisotopic (exact) mass is 181 g/mol. The lowest BCUT2D eigenvalue weighted by molar-refractivity contribution is 0.112. The highest BCUT2D eigenvalue weighted by Gasteiger charge is 2.48. The third-order valence-corrected chi connectivity index (χ3v) is 4.21. The van der Waals surface area contributed by atoms with Gasteiger partial charge in [-0.15, -0.1) is 0 Å². The molecule has 0 radical (unpaired) electrons. The van der Waals surface area contributed by atoms with Crippen LogP contribution in [0.25, 0.3) is 0 Å². The molecule has 1 heteroatoms. The Kier molecular flexibility index (Phi) is 2.18. The molecule has 1 aliphatic heterocycles. The van der Waals surface area contributed by atoms with Crippen molar-refractivity contribution in [2.45, 2.75) is 46.5 Å². The molecule has 2 fully saturated rings. The van der Waals surface area contributed by atoms with Crippen molar-refractivity contribution in [2.24, 2.45) is 16.7 Å². The summed E-state index contributed by atoms with van der Waals surface area (Å²) in [4.78, 5) is 0. The fourth-order valence-electron chi connectivity index (χ4n) is 3.63. The third-order valence-electron chi connectivity index (χ3n) is 4.21. The van der Waals surface area contributed by atoms with Gasteiger partial charge in [-0.25, -0.2) is 0 Å². The van der Waals surface area contributed by atoms with Gasteiger partial charge in [-0.1, -0.05) is 33.6 Å². The second-order valence-electron chi connectivity index (χ2n) is 6.12. The van der Waals surface area contributed by atoms with E-state index in [2.05, 4.69) is 26.1 Å². The van der Waals surface area contributed by atoms with E-state index in [1.165, 1.54) is 38.8 Å². The number of hydrogen-bond donors (Lipinski definition) is 1. The van der Waals surface area contributed by atoms with Gasteiger partial charge in [0.05, 0.1) is 0 Å². The maximum Gasteiger partial charge on any atom is 0.00113 e. The molecule has 1 N–H and O–H groups in total. The number of nitrogens with one attached hydrogen (secondary N) is 1. The number of rotatable bonds is 0. The molecule has 13 heavy (non-hydrogen) atoms. The van der Waals surface area contributed by atoms with Crippen LogP contribution in [0.1, 0.15) is 46.5 Å². The fraction of sp³-hybridized carbons (Fsp3) is 1.00. The molecule has 0 aromatic carbocycles. The van der Waals surface area contributed by atoms with E-state index < -0.39 is 0 Å².